The minimum absolute atomic E-state index is 0.0506. The molecule has 1 fully saturated rings. The number of thioether (sulfide) groups is 1. The molecule has 1 aliphatic rings. The highest BCUT2D eigenvalue weighted by Crippen LogP contribution is 2.27. The van der Waals surface area contributed by atoms with Crippen molar-refractivity contribution in [2.75, 3.05) is 13.2 Å². The maximum absolute atomic E-state index is 12.2. The van der Waals surface area contributed by atoms with Crippen LogP contribution in [0.25, 0.3) is 0 Å². The lowest BCUT2D eigenvalue weighted by atomic mass is 10.1. The highest BCUT2D eigenvalue weighted by Gasteiger charge is 2.21. The second-order valence-electron chi connectivity index (χ2n) is 5.51. The van der Waals surface area contributed by atoms with Crippen LogP contribution in [0.15, 0.2) is 11.1 Å². The normalized spacial score (nSPS) is 18.7. The second-order valence-corrected chi connectivity index (χ2v) is 6.84. The molecule has 2 heterocycles. The van der Waals surface area contributed by atoms with Crippen molar-refractivity contribution < 1.29 is 9.53 Å². The molecule has 0 unspecified atom stereocenters. The van der Waals surface area contributed by atoms with Crippen molar-refractivity contribution in [2.45, 2.75) is 50.0 Å². The van der Waals surface area contributed by atoms with Gasteiger partial charge in [0.2, 0.25) is 5.91 Å². The average molecular weight is 319 g/mol. The summed E-state index contributed by atoms with van der Waals surface area (Å²) in [4.78, 5) is 16.6. The minimum atomic E-state index is -0.304. The Morgan fingerprint density at radius 1 is 1.64 bits per heavy atom. The van der Waals surface area contributed by atoms with Gasteiger partial charge in [0.25, 0.3) is 0 Å². The summed E-state index contributed by atoms with van der Waals surface area (Å²) in [5.74, 6) is -0.0506. The predicted molar refractivity (Wildman–Crippen MR) is 85.7 cm³/mol. The highest BCUT2D eigenvalue weighted by molar-refractivity contribution is 8.00. The lowest BCUT2D eigenvalue weighted by Gasteiger charge is -2.15. The molecule has 1 amide bonds. The number of amides is 1. The molecule has 1 saturated heterocycles. The number of aromatic nitrogens is 1. The Labute approximate surface area is 135 Å². The van der Waals surface area contributed by atoms with E-state index in [2.05, 4.69) is 16.4 Å². The first-order valence-corrected chi connectivity index (χ1v) is 8.33. The fourth-order valence-corrected chi connectivity index (χ4v) is 3.45. The van der Waals surface area contributed by atoms with Gasteiger partial charge in [0.05, 0.1) is 16.9 Å². The van der Waals surface area contributed by atoms with Crippen molar-refractivity contribution in [2.24, 2.45) is 0 Å². The van der Waals surface area contributed by atoms with Gasteiger partial charge in [-0.15, -0.1) is 0 Å². The molecule has 118 valence electrons. The molecule has 2 rings (SSSR count). The molecule has 0 aliphatic carbocycles. The summed E-state index contributed by atoms with van der Waals surface area (Å²) < 4.78 is 5.49. The zero-order valence-corrected chi connectivity index (χ0v) is 14.0. The van der Waals surface area contributed by atoms with E-state index in [0.717, 1.165) is 30.7 Å². The van der Waals surface area contributed by atoms with E-state index in [1.165, 1.54) is 11.8 Å². The molecule has 0 aromatic carbocycles. The Kier molecular flexibility index (Phi) is 5.81. The molecule has 0 spiro atoms. The number of rotatable bonds is 5. The van der Waals surface area contributed by atoms with E-state index in [9.17, 15) is 10.1 Å². The zero-order valence-electron chi connectivity index (χ0n) is 13.2. The molecule has 6 heteroatoms. The van der Waals surface area contributed by atoms with Gasteiger partial charge in [0.15, 0.2) is 0 Å². The zero-order chi connectivity index (χ0) is 16.1. The number of aryl methyl sites for hydroxylation is 2. The van der Waals surface area contributed by atoms with Crippen LogP contribution < -0.4 is 5.32 Å². The number of nitrogens with zero attached hydrogens (tertiary/aromatic N) is 2. The Hall–Kier alpha value is -1.58. The number of pyridine rings is 1. The molecule has 1 aromatic heterocycles. The Morgan fingerprint density at radius 2 is 2.41 bits per heavy atom. The number of carbonyl (C=O) groups is 1. The van der Waals surface area contributed by atoms with Crippen LogP contribution in [-0.2, 0) is 9.53 Å². The van der Waals surface area contributed by atoms with Crippen molar-refractivity contribution in [3.63, 3.8) is 0 Å². The number of hydrogen-bond donors (Lipinski definition) is 1. The summed E-state index contributed by atoms with van der Waals surface area (Å²) in [5, 5.41) is 12.5. The van der Waals surface area contributed by atoms with E-state index in [4.69, 9.17) is 4.74 Å². The second kappa shape index (κ2) is 7.61. The SMILES string of the molecule is Cc1cc(C)c(C#N)c(S[C@@H](C)C(=O)NC[C@H]2CCCO2)n1. The molecule has 1 N–H and O–H groups in total. The summed E-state index contributed by atoms with van der Waals surface area (Å²) in [5.41, 5.74) is 2.30. The number of nitrogens with one attached hydrogen (secondary N) is 1. The third-order valence-corrected chi connectivity index (χ3v) is 4.70. The van der Waals surface area contributed by atoms with Gasteiger partial charge in [-0.2, -0.15) is 5.26 Å². The molecule has 22 heavy (non-hydrogen) atoms. The van der Waals surface area contributed by atoms with Gasteiger partial charge >= 0.3 is 0 Å². The molecular weight excluding hydrogens is 298 g/mol. The summed E-state index contributed by atoms with van der Waals surface area (Å²) in [7, 11) is 0. The van der Waals surface area contributed by atoms with Gasteiger partial charge in [0.1, 0.15) is 11.1 Å². The van der Waals surface area contributed by atoms with Crippen molar-refractivity contribution in [3.05, 3.63) is 22.9 Å². The van der Waals surface area contributed by atoms with Gasteiger partial charge < -0.3 is 10.1 Å². The Balaban J connectivity index is 1.97. The molecule has 2 atom stereocenters. The predicted octanol–water partition coefficient (Wildman–Crippen LogP) is 2.35. The van der Waals surface area contributed by atoms with Crippen molar-refractivity contribution >= 4 is 17.7 Å². The van der Waals surface area contributed by atoms with Crippen LogP contribution in [0.3, 0.4) is 0 Å². The van der Waals surface area contributed by atoms with E-state index < -0.39 is 0 Å². The summed E-state index contributed by atoms with van der Waals surface area (Å²) >= 11 is 1.33. The van der Waals surface area contributed by atoms with Crippen molar-refractivity contribution in [3.8, 4) is 6.07 Å². The van der Waals surface area contributed by atoms with Gasteiger partial charge in [0, 0.05) is 18.8 Å². The largest absolute Gasteiger partial charge is 0.376 e. The fourth-order valence-electron chi connectivity index (χ4n) is 2.41. The van der Waals surface area contributed by atoms with Crippen LogP contribution in [0.1, 0.15) is 36.6 Å². The number of hydrogen-bond acceptors (Lipinski definition) is 5. The summed E-state index contributed by atoms with van der Waals surface area (Å²) in [6, 6.07) is 4.06. The topological polar surface area (TPSA) is 75.0 Å². The standard InChI is InChI=1S/C16H21N3O2S/c1-10-7-11(2)19-16(14(10)8-17)22-12(3)15(20)18-9-13-5-4-6-21-13/h7,12-13H,4-6,9H2,1-3H3,(H,18,20)/t12-,13+/m0/s1. The Bertz CT molecular complexity index is 592. The maximum atomic E-state index is 12.2. The minimum Gasteiger partial charge on any atom is -0.376 e. The van der Waals surface area contributed by atoms with E-state index in [0.29, 0.717) is 17.1 Å². The maximum Gasteiger partial charge on any atom is 0.233 e. The van der Waals surface area contributed by atoms with Crippen molar-refractivity contribution in [1.29, 1.82) is 5.26 Å². The van der Waals surface area contributed by atoms with Crippen LogP contribution >= 0.6 is 11.8 Å². The third kappa shape index (κ3) is 4.21. The first-order chi connectivity index (χ1) is 10.5. The monoisotopic (exact) mass is 319 g/mol. The summed E-state index contributed by atoms with van der Waals surface area (Å²) in [6.45, 7) is 6.94. The first kappa shape index (κ1) is 16.8. The van der Waals surface area contributed by atoms with E-state index >= 15 is 0 Å². The molecule has 1 aromatic rings. The van der Waals surface area contributed by atoms with Crippen LogP contribution in [0, 0.1) is 25.2 Å². The number of carbonyl (C=O) groups excluding carboxylic acids is 1. The van der Waals surface area contributed by atoms with Crippen LogP contribution in [0.2, 0.25) is 0 Å². The van der Waals surface area contributed by atoms with Crippen LogP contribution in [0.4, 0.5) is 0 Å². The first-order valence-electron chi connectivity index (χ1n) is 7.45. The average Bonchev–Trinajstić information content (AvgIpc) is 2.97. The quantitative estimate of drug-likeness (QED) is 0.843. The molecule has 5 nitrogen and oxygen atoms in total. The van der Waals surface area contributed by atoms with E-state index in [-0.39, 0.29) is 17.3 Å². The van der Waals surface area contributed by atoms with Gasteiger partial charge in [-0.1, -0.05) is 11.8 Å². The van der Waals surface area contributed by atoms with Gasteiger partial charge in [-0.05, 0) is 45.2 Å². The molecular formula is C16H21N3O2S. The molecule has 1 aliphatic heterocycles. The van der Waals surface area contributed by atoms with E-state index in [1.807, 2.05) is 26.8 Å². The number of nitriles is 1. The Morgan fingerprint density at radius 3 is 3.05 bits per heavy atom. The van der Waals surface area contributed by atoms with Crippen molar-refractivity contribution in [1.82, 2.24) is 10.3 Å². The molecule has 0 bridgehead atoms. The number of ether oxygens (including phenoxy) is 1. The van der Waals surface area contributed by atoms with Crippen LogP contribution in [0.5, 0.6) is 0 Å². The summed E-state index contributed by atoms with van der Waals surface area (Å²) in [6.07, 6.45) is 2.19. The van der Waals surface area contributed by atoms with Gasteiger partial charge in [-0.25, -0.2) is 4.98 Å². The smallest absolute Gasteiger partial charge is 0.233 e. The third-order valence-electron chi connectivity index (χ3n) is 3.61. The fraction of sp³-hybridized carbons (Fsp3) is 0.562. The van der Waals surface area contributed by atoms with Gasteiger partial charge in [-0.3, -0.25) is 4.79 Å². The highest BCUT2D eigenvalue weighted by atomic mass is 32.2. The molecule has 0 radical (unpaired) electrons. The lowest BCUT2D eigenvalue weighted by molar-refractivity contribution is -0.120. The van der Waals surface area contributed by atoms with E-state index in [1.54, 1.807) is 0 Å². The van der Waals surface area contributed by atoms with Crippen LogP contribution in [-0.4, -0.2) is 35.4 Å². The lowest BCUT2D eigenvalue weighted by Crippen LogP contribution is -2.36. The molecule has 0 saturated carbocycles.